The van der Waals surface area contributed by atoms with Crippen molar-refractivity contribution in [3.63, 3.8) is 0 Å². The molecule has 1 aliphatic heterocycles. The summed E-state index contributed by atoms with van der Waals surface area (Å²) >= 11 is 0. The zero-order valence-electron chi connectivity index (χ0n) is 16.3. The number of fused-ring (bicyclic) bond motifs is 1. The number of halogens is 1. The highest BCUT2D eigenvalue weighted by atomic mass is 19.1. The van der Waals surface area contributed by atoms with Gasteiger partial charge in [0.25, 0.3) is 0 Å². The summed E-state index contributed by atoms with van der Waals surface area (Å²) in [6.45, 7) is 2.49. The Labute approximate surface area is 165 Å². The Balaban J connectivity index is 1.75. The van der Waals surface area contributed by atoms with E-state index >= 15 is 0 Å². The molecular formula is C23H25FN2O2. The van der Waals surface area contributed by atoms with Crippen LogP contribution in [-0.4, -0.2) is 30.2 Å². The third-order valence-electron chi connectivity index (χ3n) is 5.35. The van der Waals surface area contributed by atoms with Crippen molar-refractivity contribution in [1.29, 1.82) is 0 Å². The summed E-state index contributed by atoms with van der Waals surface area (Å²) in [6, 6.07) is 17.0. The highest BCUT2D eigenvalue weighted by molar-refractivity contribution is 5.39. The number of aromatic nitrogens is 1. The van der Waals surface area contributed by atoms with Crippen LogP contribution in [0, 0.1) is 5.82 Å². The molecule has 1 aliphatic rings. The maximum absolute atomic E-state index is 14.8. The van der Waals surface area contributed by atoms with E-state index in [-0.39, 0.29) is 11.9 Å². The summed E-state index contributed by atoms with van der Waals surface area (Å²) in [5, 5.41) is 0. The van der Waals surface area contributed by atoms with Crippen LogP contribution in [0.5, 0.6) is 11.5 Å². The molecule has 2 heterocycles. The smallest absolute Gasteiger partial charge is 0.128 e. The Hall–Kier alpha value is -2.79. The molecule has 1 atom stereocenters. The molecule has 3 aromatic rings. The Morgan fingerprint density at radius 1 is 0.964 bits per heavy atom. The van der Waals surface area contributed by atoms with Gasteiger partial charge < -0.3 is 14.0 Å². The maximum atomic E-state index is 14.8. The van der Waals surface area contributed by atoms with E-state index in [4.69, 9.17) is 9.47 Å². The van der Waals surface area contributed by atoms with Gasteiger partial charge in [-0.2, -0.15) is 0 Å². The minimum atomic E-state index is -0.171. The van der Waals surface area contributed by atoms with Crippen molar-refractivity contribution in [3.8, 4) is 11.5 Å². The fourth-order valence-corrected chi connectivity index (χ4v) is 4.05. The highest BCUT2D eigenvalue weighted by Crippen LogP contribution is 2.35. The quantitative estimate of drug-likeness (QED) is 0.645. The topological polar surface area (TPSA) is 26.6 Å². The van der Waals surface area contributed by atoms with Gasteiger partial charge in [0.05, 0.1) is 20.3 Å². The third kappa shape index (κ3) is 3.62. The van der Waals surface area contributed by atoms with Gasteiger partial charge in [-0.1, -0.05) is 18.2 Å². The maximum Gasteiger partial charge on any atom is 0.128 e. The number of benzene rings is 2. The molecule has 5 heteroatoms. The van der Waals surface area contributed by atoms with E-state index in [2.05, 4.69) is 21.7 Å². The van der Waals surface area contributed by atoms with Gasteiger partial charge in [-0.05, 0) is 42.3 Å². The Kier molecular flexibility index (Phi) is 5.35. The van der Waals surface area contributed by atoms with Crippen molar-refractivity contribution in [3.05, 3.63) is 83.4 Å². The number of hydrogen-bond acceptors (Lipinski definition) is 3. The molecule has 2 aromatic carbocycles. The molecular weight excluding hydrogens is 355 g/mol. The fraction of sp³-hybridized carbons (Fsp3) is 0.304. The molecule has 0 saturated heterocycles. The van der Waals surface area contributed by atoms with Gasteiger partial charge in [0, 0.05) is 43.2 Å². The molecule has 0 N–H and O–H groups in total. The third-order valence-corrected chi connectivity index (χ3v) is 5.35. The fourth-order valence-electron chi connectivity index (χ4n) is 4.05. The summed E-state index contributed by atoms with van der Waals surface area (Å²) in [5.74, 6) is 1.35. The van der Waals surface area contributed by atoms with E-state index in [9.17, 15) is 4.39 Å². The molecule has 0 fully saturated rings. The van der Waals surface area contributed by atoms with E-state index in [0.29, 0.717) is 12.1 Å². The molecule has 0 spiro atoms. The van der Waals surface area contributed by atoms with Gasteiger partial charge in [-0.3, -0.25) is 4.90 Å². The Morgan fingerprint density at radius 3 is 2.43 bits per heavy atom. The summed E-state index contributed by atoms with van der Waals surface area (Å²) in [5.41, 5.74) is 2.91. The van der Waals surface area contributed by atoms with E-state index in [1.165, 1.54) is 0 Å². The summed E-state index contributed by atoms with van der Waals surface area (Å²) < 4.78 is 27.9. The number of ether oxygens (including phenoxy) is 2. The second-order valence-corrected chi connectivity index (χ2v) is 7.10. The van der Waals surface area contributed by atoms with Crippen LogP contribution in [0.3, 0.4) is 0 Å². The van der Waals surface area contributed by atoms with E-state index in [0.717, 1.165) is 42.3 Å². The van der Waals surface area contributed by atoms with Gasteiger partial charge in [-0.25, -0.2) is 4.39 Å². The van der Waals surface area contributed by atoms with Crippen molar-refractivity contribution in [2.45, 2.75) is 25.6 Å². The second-order valence-electron chi connectivity index (χ2n) is 7.10. The molecule has 0 bridgehead atoms. The van der Waals surface area contributed by atoms with Gasteiger partial charge in [0.2, 0.25) is 0 Å². The van der Waals surface area contributed by atoms with Crippen molar-refractivity contribution in [2.75, 3.05) is 20.8 Å². The van der Waals surface area contributed by atoms with Gasteiger partial charge in [0.15, 0.2) is 0 Å². The monoisotopic (exact) mass is 380 g/mol. The van der Waals surface area contributed by atoms with Crippen LogP contribution in [0.15, 0.2) is 60.8 Å². The van der Waals surface area contributed by atoms with Crippen LogP contribution in [0.4, 0.5) is 4.39 Å². The zero-order chi connectivity index (χ0) is 19.5. The van der Waals surface area contributed by atoms with E-state index in [1.807, 2.05) is 36.4 Å². The van der Waals surface area contributed by atoms with Crippen molar-refractivity contribution >= 4 is 0 Å². The number of rotatable bonds is 5. The van der Waals surface area contributed by atoms with Crippen LogP contribution >= 0.6 is 0 Å². The number of hydrogen-bond donors (Lipinski definition) is 0. The minimum absolute atomic E-state index is 0.143. The predicted octanol–water partition coefficient (Wildman–Crippen LogP) is 4.64. The number of nitrogens with zero attached hydrogens (tertiary/aromatic N) is 2. The summed E-state index contributed by atoms with van der Waals surface area (Å²) in [6.07, 6.45) is 3.09. The molecule has 4 nitrogen and oxygen atoms in total. The molecule has 4 rings (SSSR count). The molecule has 28 heavy (non-hydrogen) atoms. The average molecular weight is 380 g/mol. The molecule has 1 aromatic heterocycles. The van der Waals surface area contributed by atoms with Crippen LogP contribution < -0.4 is 9.47 Å². The lowest BCUT2D eigenvalue weighted by atomic mass is 10.0. The van der Waals surface area contributed by atoms with Crippen molar-refractivity contribution in [1.82, 2.24) is 9.47 Å². The first-order valence-electron chi connectivity index (χ1n) is 9.55. The van der Waals surface area contributed by atoms with Gasteiger partial charge in [-0.15, -0.1) is 0 Å². The molecule has 0 aliphatic carbocycles. The summed E-state index contributed by atoms with van der Waals surface area (Å²) in [7, 11) is 3.30. The van der Waals surface area contributed by atoms with Crippen LogP contribution in [0.2, 0.25) is 0 Å². The molecule has 0 amide bonds. The Bertz CT molecular complexity index is 931. The SMILES string of the molecule is COc1cc(CN2CCCn3cccc3C2c2ccccc2F)cc(OC)c1. The first-order valence-corrected chi connectivity index (χ1v) is 9.55. The normalized spacial score (nSPS) is 17.0. The lowest BCUT2D eigenvalue weighted by molar-refractivity contribution is 0.216. The zero-order valence-corrected chi connectivity index (χ0v) is 16.3. The largest absolute Gasteiger partial charge is 0.497 e. The molecule has 0 saturated carbocycles. The lowest BCUT2D eigenvalue weighted by Crippen LogP contribution is -2.30. The van der Waals surface area contributed by atoms with Gasteiger partial charge >= 0.3 is 0 Å². The molecule has 1 unspecified atom stereocenters. The van der Waals surface area contributed by atoms with Crippen LogP contribution in [-0.2, 0) is 13.1 Å². The first-order chi connectivity index (χ1) is 13.7. The highest BCUT2D eigenvalue weighted by Gasteiger charge is 2.29. The van der Waals surface area contributed by atoms with E-state index < -0.39 is 0 Å². The van der Waals surface area contributed by atoms with Gasteiger partial charge in [0.1, 0.15) is 17.3 Å². The predicted molar refractivity (Wildman–Crippen MR) is 107 cm³/mol. The summed E-state index contributed by atoms with van der Waals surface area (Å²) in [4.78, 5) is 2.34. The number of aryl methyl sites for hydroxylation is 1. The first kappa shape index (κ1) is 18.6. The van der Waals surface area contributed by atoms with Crippen molar-refractivity contribution < 1.29 is 13.9 Å². The molecule has 0 radical (unpaired) electrons. The van der Waals surface area contributed by atoms with Crippen LogP contribution in [0.25, 0.3) is 0 Å². The standard InChI is InChI=1S/C23H25FN2O2/c1-27-18-13-17(14-19(15-18)28-2)16-26-12-6-11-25-10-5-9-22(25)23(26)20-7-3-4-8-21(20)24/h3-5,7-10,13-15,23H,6,11-12,16H2,1-2H3. The molecule has 146 valence electrons. The van der Waals surface area contributed by atoms with E-state index in [1.54, 1.807) is 26.4 Å². The Morgan fingerprint density at radius 2 is 1.71 bits per heavy atom. The minimum Gasteiger partial charge on any atom is -0.497 e. The van der Waals surface area contributed by atoms with Crippen molar-refractivity contribution in [2.24, 2.45) is 0 Å². The van der Waals surface area contributed by atoms with Crippen LogP contribution in [0.1, 0.15) is 29.3 Å². The average Bonchev–Trinajstić information content (AvgIpc) is 3.10. The second kappa shape index (κ2) is 8.07. The lowest BCUT2D eigenvalue weighted by Gasteiger charge is -2.31. The number of methoxy groups -OCH3 is 2.